The molecule has 0 amide bonds. The molecule has 2 aromatic rings. The smallest absolute Gasteiger partial charge is 0.388 e. The summed E-state index contributed by atoms with van der Waals surface area (Å²) in [4.78, 5) is 24.0. The lowest BCUT2D eigenvalue weighted by Gasteiger charge is -2.05. The Morgan fingerprint density at radius 2 is 1.90 bits per heavy atom. The van der Waals surface area contributed by atoms with Gasteiger partial charge in [0.05, 0.1) is 27.2 Å². The van der Waals surface area contributed by atoms with Gasteiger partial charge < -0.3 is 34.2 Å². The molecule has 0 aromatic carbocycles. The number of aromatic nitrogens is 4. The van der Waals surface area contributed by atoms with Crippen molar-refractivity contribution in [2.45, 2.75) is 12.6 Å². The van der Waals surface area contributed by atoms with Crippen LogP contribution in [0, 0.1) is 0 Å². The van der Waals surface area contributed by atoms with Gasteiger partial charge in [0.25, 0.3) is 5.65 Å². The maximum absolute atomic E-state index is 12.2. The molecule has 2 rings (SSSR count). The quantitative estimate of drug-likeness (QED) is 0.400. The van der Waals surface area contributed by atoms with Gasteiger partial charge in [-0.2, -0.15) is 0 Å². The van der Waals surface area contributed by atoms with Crippen LogP contribution in [-0.4, -0.2) is 36.6 Å². The van der Waals surface area contributed by atoms with Gasteiger partial charge in [0.15, 0.2) is 6.33 Å². The predicted octanol–water partition coefficient (Wildman–Crippen LogP) is -5.78. The van der Waals surface area contributed by atoms with E-state index in [1.54, 1.807) is 25.0 Å². The van der Waals surface area contributed by atoms with Crippen molar-refractivity contribution in [2.24, 2.45) is 21.1 Å². The Bertz CT molecular complexity index is 745. The van der Waals surface area contributed by atoms with Crippen LogP contribution in [0.1, 0.15) is 0 Å². The van der Waals surface area contributed by atoms with Crippen molar-refractivity contribution in [1.29, 1.82) is 0 Å². The van der Waals surface area contributed by atoms with Gasteiger partial charge in [-0.15, -0.1) is 0 Å². The summed E-state index contributed by atoms with van der Waals surface area (Å²) in [5.41, 5.74) is -0.0461. The van der Waals surface area contributed by atoms with Gasteiger partial charge in [-0.25, -0.2) is 18.5 Å². The van der Waals surface area contributed by atoms with Crippen molar-refractivity contribution in [2.75, 3.05) is 6.61 Å². The van der Waals surface area contributed by atoms with E-state index in [2.05, 4.69) is 0 Å². The van der Waals surface area contributed by atoms with Gasteiger partial charge in [-0.1, -0.05) is 0 Å². The highest BCUT2D eigenvalue weighted by Crippen LogP contribution is 2.04. The third kappa shape index (κ3) is 2.52. The summed E-state index contributed by atoms with van der Waals surface area (Å²) in [5, 5.41) is 18.4. The lowest BCUT2D eigenvalue weighted by Crippen LogP contribution is -3.00. The third-order valence-electron chi connectivity index (χ3n) is 3.16. The second-order valence-electron chi connectivity index (χ2n) is 4.59. The molecule has 0 saturated heterocycles. The molecule has 2 N–H and O–H groups in total. The first-order valence-electron chi connectivity index (χ1n) is 5.82. The summed E-state index contributed by atoms with van der Waals surface area (Å²) in [6, 6.07) is 0. The SMILES string of the molecule is Cn1c(=O)c2c(n(C)c1=O)[n+](C)cn2CC(O)CO.[I-]. The van der Waals surface area contributed by atoms with E-state index in [1.165, 1.54) is 16.2 Å². The normalized spacial score (nSPS) is 12.4. The molecular weight excluding hydrogens is 379 g/mol. The van der Waals surface area contributed by atoms with Crippen LogP contribution in [0.3, 0.4) is 0 Å². The fourth-order valence-corrected chi connectivity index (χ4v) is 2.22. The zero-order valence-corrected chi connectivity index (χ0v) is 13.6. The van der Waals surface area contributed by atoms with Crippen molar-refractivity contribution in [3.63, 3.8) is 0 Å². The van der Waals surface area contributed by atoms with Gasteiger partial charge >= 0.3 is 11.2 Å². The fraction of sp³-hybridized carbons (Fsp3) is 0.545. The summed E-state index contributed by atoms with van der Waals surface area (Å²) >= 11 is 0. The van der Waals surface area contributed by atoms with Crippen LogP contribution in [0.5, 0.6) is 0 Å². The van der Waals surface area contributed by atoms with Gasteiger partial charge in [0, 0.05) is 7.05 Å². The second-order valence-corrected chi connectivity index (χ2v) is 4.59. The first-order chi connectivity index (χ1) is 8.88. The number of halogens is 1. The standard InChI is InChI=1S/C11H17N4O4.HI/c1-12-6-15(4-7(17)5-16)8-9(12)13(2)11(19)14(3)10(8)18;/h6-7,16-17H,4-5H2,1-3H3;1H/q+1;/p-1. The number of aliphatic hydroxyl groups is 2. The molecule has 0 spiro atoms. The summed E-state index contributed by atoms with van der Waals surface area (Å²) < 4.78 is 5.57. The van der Waals surface area contributed by atoms with Crippen LogP contribution in [0.25, 0.3) is 11.2 Å². The van der Waals surface area contributed by atoms with Crippen molar-refractivity contribution >= 4 is 11.2 Å². The van der Waals surface area contributed by atoms with E-state index in [9.17, 15) is 14.7 Å². The van der Waals surface area contributed by atoms with Crippen LogP contribution in [0.4, 0.5) is 0 Å². The maximum atomic E-state index is 12.2. The van der Waals surface area contributed by atoms with E-state index >= 15 is 0 Å². The number of rotatable bonds is 3. The van der Waals surface area contributed by atoms with E-state index in [1.807, 2.05) is 0 Å². The number of hydrogen-bond donors (Lipinski definition) is 2. The Kier molecular flexibility index (Phi) is 5.10. The van der Waals surface area contributed by atoms with E-state index in [0.29, 0.717) is 11.2 Å². The molecule has 9 heteroatoms. The van der Waals surface area contributed by atoms with Crippen molar-refractivity contribution < 1.29 is 38.8 Å². The summed E-state index contributed by atoms with van der Waals surface area (Å²) in [5.74, 6) is 0. The molecule has 0 saturated carbocycles. The maximum Gasteiger partial charge on any atom is 0.388 e. The van der Waals surface area contributed by atoms with E-state index in [0.717, 1.165) is 4.57 Å². The summed E-state index contributed by atoms with van der Waals surface area (Å²) in [6.45, 7) is -0.309. The molecule has 0 aliphatic heterocycles. The lowest BCUT2D eigenvalue weighted by atomic mass is 10.3. The first-order valence-corrected chi connectivity index (χ1v) is 5.82. The lowest BCUT2D eigenvalue weighted by molar-refractivity contribution is -0.648. The minimum Gasteiger partial charge on any atom is -1.00 e. The largest absolute Gasteiger partial charge is 1.00 e. The summed E-state index contributed by atoms with van der Waals surface area (Å²) in [6.07, 6.45) is 0.655. The van der Waals surface area contributed by atoms with Crippen molar-refractivity contribution in [1.82, 2.24) is 13.7 Å². The average Bonchev–Trinajstić information content (AvgIpc) is 2.70. The first kappa shape index (κ1) is 16.9. The van der Waals surface area contributed by atoms with Crippen molar-refractivity contribution in [3.05, 3.63) is 27.2 Å². The highest BCUT2D eigenvalue weighted by atomic mass is 127. The molecule has 0 aliphatic carbocycles. The van der Waals surface area contributed by atoms with Gasteiger partial charge in [-0.3, -0.25) is 9.36 Å². The van der Waals surface area contributed by atoms with E-state index in [-0.39, 0.29) is 30.5 Å². The van der Waals surface area contributed by atoms with Gasteiger partial charge in [0.2, 0.25) is 5.52 Å². The highest BCUT2D eigenvalue weighted by Gasteiger charge is 2.23. The molecule has 1 atom stereocenters. The molecule has 112 valence electrons. The molecule has 0 radical (unpaired) electrons. The fourth-order valence-electron chi connectivity index (χ4n) is 2.22. The van der Waals surface area contributed by atoms with Gasteiger partial charge in [-0.05, 0) is 0 Å². The topological polar surface area (TPSA) is 93.3 Å². The van der Waals surface area contributed by atoms with Gasteiger partial charge in [0.1, 0.15) is 6.10 Å². The number of imidazole rings is 1. The molecule has 20 heavy (non-hydrogen) atoms. The molecular formula is C11H17IN4O4. The molecule has 2 heterocycles. The van der Waals surface area contributed by atoms with Crippen LogP contribution in [0.2, 0.25) is 0 Å². The number of fused-ring (bicyclic) bond motifs is 1. The number of hydrogen-bond acceptors (Lipinski definition) is 4. The molecule has 8 nitrogen and oxygen atoms in total. The predicted molar refractivity (Wildman–Crippen MR) is 66.7 cm³/mol. The van der Waals surface area contributed by atoms with Crippen LogP contribution in [0.15, 0.2) is 15.9 Å². The Morgan fingerprint density at radius 3 is 2.45 bits per heavy atom. The zero-order chi connectivity index (χ0) is 14.3. The Labute approximate surface area is 131 Å². The Morgan fingerprint density at radius 1 is 1.30 bits per heavy atom. The van der Waals surface area contributed by atoms with E-state index < -0.39 is 24.0 Å². The number of aryl methyl sites for hydroxylation is 2. The second kappa shape index (κ2) is 6.06. The zero-order valence-electron chi connectivity index (χ0n) is 11.4. The summed E-state index contributed by atoms with van der Waals surface area (Å²) in [7, 11) is 4.70. The number of nitrogens with zero attached hydrogens (tertiary/aromatic N) is 4. The minimum atomic E-state index is -0.961. The molecule has 0 bridgehead atoms. The van der Waals surface area contributed by atoms with Crippen LogP contribution in [-0.2, 0) is 27.7 Å². The molecule has 1 unspecified atom stereocenters. The molecule has 0 aliphatic rings. The Hall–Kier alpha value is -1.20. The number of aliphatic hydroxyl groups excluding tert-OH is 2. The van der Waals surface area contributed by atoms with E-state index in [4.69, 9.17) is 5.11 Å². The highest BCUT2D eigenvalue weighted by molar-refractivity contribution is 5.66. The molecule has 2 aromatic heterocycles. The van der Waals surface area contributed by atoms with Crippen molar-refractivity contribution in [3.8, 4) is 0 Å². The molecule has 0 fully saturated rings. The Balaban J connectivity index is 0.00000200. The van der Waals surface area contributed by atoms with Crippen LogP contribution < -0.4 is 39.8 Å². The average molecular weight is 396 g/mol. The minimum absolute atomic E-state index is 0. The monoisotopic (exact) mass is 396 g/mol. The third-order valence-corrected chi connectivity index (χ3v) is 3.16. The van der Waals surface area contributed by atoms with Crippen LogP contribution >= 0.6 is 0 Å².